The first-order valence-electron chi connectivity index (χ1n) is 4.76. The molecule has 0 aromatic carbocycles. The van der Waals surface area contributed by atoms with E-state index < -0.39 is 0 Å². The first-order chi connectivity index (χ1) is 7.28. The van der Waals surface area contributed by atoms with Crippen LogP contribution < -0.4 is 19.9 Å². The molecule has 1 heterocycles. The van der Waals surface area contributed by atoms with Crippen LogP contribution in [0.2, 0.25) is 0 Å². The molecule has 0 unspecified atom stereocenters. The standard InChI is InChI=1S/C10H17NO4/c1-12-8-7(5-4-6-11)15-10(14-3)9(8)13-2/h4-6,11H2,1-3H3. The summed E-state index contributed by atoms with van der Waals surface area (Å²) in [5, 5.41) is 0. The number of hydrogen-bond acceptors (Lipinski definition) is 5. The van der Waals surface area contributed by atoms with Gasteiger partial charge in [-0.05, 0) is 13.0 Å². The molecule has 1 aromatic rings. The molecule has 2 N–H and O–H groups in total. The Balaban J connectivity index is 2.98. The molecule has 0 fully saturated rings. The van der Waals surface area contributed by atoms with E-state index in [2.05, 4.69) is 0 Å². The lowest BCUT2D eigenvalue weighted by molar-refractivity contribution is 0.272. The van der Waals surface area contributed by atoms with Crippen molar-refractivity contribution >= 4 is 0 Å². The Kier molecular flexibility index (Phi) is 4.30. The lowest BCUT2D eigenvalue weighted by Crippen LogP contribution is -2.00. The maximum Gasteiger partial charge on any atom is 0.332 e. The fourth-order valence-electron chi connectivity index (χ4n) is 1.37. The number of rotatable bonds is 6. The molecule has 0 radical (unpaired) electrons. The van der Waals surface area contributed by atoms with E-state index in [1.54, 1.807) is 14.2 Å². The lowest BCUT2D eigenvalue weighted by Gasteiger charge is -2.02. The molecule has 15 heavy (non-hydrogen) atoms. The zero-order valence-corrected chi connectivity index (χ0v) is 9.33. The van der Waals surface area contributed by atoms with Crippen LogP contribution in [0.25, 0.3) is 0 Å². The van der Waals surface area contributed by atoms with Crippen LogP contribution in [0.4, 0.5) is 0 Å². The van der Waals surface area contributed by atoms with Crippen LogP contribution in [0, 0.1) is 0 Å². The molecule has 0 aliphatic carbocycles. The quantitative estimate of drug-likeness (QED) is 0.772. The van der Waals surface area contributed by atoms with Gasteiger partial charge >= 0.3 is 5.95 Å². The molecule has 0 spiro atoms. The zero-order valence-electron chi connectivity index (χ0n) is 9.33. The SMILES string of the molecule is COc1oc(CCCN)c(OC)c1OC. The van der Waals surface area contributed by atoms with Crippen LogP contribution in [0.5, 0.6) is 17.4 Å². The van der Waals surface area contributed by atoms with E-state index in [4.69, 9.17) is 24.4 Å². The number of furan rings is 1. The summed E-state index contributed by atoms with van der Waals surface area (Å²) in [6, 6.07) is 0. The van der Waals surface area contributed by atoms with Crippen LogP contribution in [-0.2, 0) is 6.42 Å². The van der Waals surface area contributed by atoms with Gasteiger partial charge in [-0.15, -0.1) is 0 Å². The van der Waals surface area contributed by atoms with E-state index in [1.807, 2.05) is 0 Å². The Morgan fingerprint density at radius 3 is 2.20 bits per heavy atom. The summed E-state index contributed by atoms with van der Waals surface area (Å²) in [4.78, 5) is 0. The third-order valence-electron chi connectivity index (χ3n) is 2.06. The normalized spacial score (nSPS) is 10.1. The number of ether oxygens (including phenoxy) is 3. The van der Waals surface area contributed by atoms with E-state index in [0.29, 0.717) is 36.2 Å². The summed E-state index contributed by atoms with van der Waals surface area (Å²) < 4.78 is 20.8. The number of methoxy groups -OCH3 is 3. The highest BCUT2D eigenvalue weighted by Gasteiger charge is 2.22. The third-order valence-corrected chi connectivity index (χ3v) is 2.06. The maximum atomic E-state index is 5.45. The van der Waals surface area contributed by atoms with Gasteiger partial charge in [-0.3, -0.25) is 0 Å². The third kappa shape index (κ3) is 2.36. The second-order valence-corrected chi connectivity index (χ2v) is 2.98. The van der Waals surface area contributed by atoms with Gasteiger partial charge in [-0.2, -0.15) is 0 Å². The van der Waals surface area contributed by atoms with Gasteiger partial charge in [0.25, 0.3) is 0 Å². The highest BCUT2D eigenvalue weighted by molar-refractivity contribution is 5.49. The van der Waals surface area contributed by atoms with E-state index >= 15 is 0 Å². The summed E-state index contributed by atoms with van der Waals surface area (Å²) in [5.74, 6) is 2.12. The molecule has 1 rings (SSSR count). The first kappa shape index (κ1) is 11.7. The van der Waals surface area contributed by atoms with Crippen molar-refractivity contribution < 1.29 is 18.6 Å². The van der Waals surface area contributed by atoms with E-state index in [1.165, 1.54) is 7.11 Å². The molecular weight excluding hydrogens is 198 g/mol. The van der Waals surface area contributed by atoms with Gasteiger partial charge < -0.3 is 24.4 Å². The lowest BCUT2D eigenvalue weighted by atomic mass is 10.2. The molecule has 5 heteroatoms. The largest absolute Gasteiger partial charge is 0.490 e. The van der Waals surface area contributed by atoms with Crippen molar-refractivity contribution in [1.82, 2.24) is 0 Å². The summed E-state index contributed by atoms with van der Waals surface area (Å²) in [7, 11) is 4.63. The summed E-state index contributed by atoms with van der Waals surface area (Å²) >= 11 is 0. The molecule has 0 bridgehead atoms. The van der Waals surface area contributed by atoms with Gasteiger partial charge in [0.2, 0.25) is 11.5 Å². The Bertz CT molecular complexity index is 309. The van der Waals surface area contributed by atoms with Crippen molar-refractivity contribution in [1.29, 1.82) is 0 Å². The molecule has 1 aromatic heterocycles. The van der Waals surface area contributed by atoms with E-state index in [0.717, 1.165) is 6.42 Å². The molecule has 0 aliphatic rings. The molecule has 0 atom stereocenters. The molecular formula is C10H17NO4. The van der Waals surface area contributed by atoms with Gasteiger partial charge in [0.15, 0.2) is 5.76 Å². The summed E-state index contributed by atoms with van der Waals surface area (Å²) in [5.41, 5.74) is 5.43. The fraction of sp³-hybridized carbons (Fsp3) is 0.600. The fourth-order valence-corrected chi connectivity index (χ4v) is 1.37. The Morgan fingerprint density at radius 1 is 1.07 bits per heavy atom. The van der Waals surface area contributed by atoms with Crippen LogP contribution >= 0.6 is 0 Å². The van der Waals surface area contributed by atoms with Crippen molar-refractivity contribution in [3.63, 3.8) is 0 Å². The van der Waals surface area contributed by atoms with Gasteiger partial charge in [0.05, 0.1) is 21.3 Å². The highest BCUT2D eigenvalue weighted by atomic mass is 16.6. The minimum atomic E-state index is 0.335. The first-order valence-corrected chi connectivity index (χ1v) is 4.76. The predicted octanol–water partition coefficient (Wildman–Crippen LogP) is 1.20. The Labute approximate surface area is 89.1 Å². The second-order valence-electron chi connectivity index (χ2n) is 2.98. The van der Waals surface area contributed by atoms with Crippen molar-refractivity contribution in [2.45, 2.75) is 12.8 Å². The molecule has 5 nitrogen and oxygen atoms in total. The maximum absolute atomic E-state index is 5.45. The summed E-state index contributed by atoms with van der Waals surface area (Å²) in [6.45, 7) is 0.606. The molecule has 0 aliphatic heterocycles. The average molecular weight is 215 g/mol. The average Bonchev–Trinajstić information content (AvgIpc) is 2.62. The van der Waals surface area contributed by atoms with Gasteiger partial charge in [-0.1, -0.05) is 0 Å². The van der Waals surface area contributed by atoms with Crippen molar-refractivity contribution in [3.8, 4) is 17.4 Å². The van der Waals surface area contributed by atoms with Gasteiger partial charge in [-0.25, -0.2) is 0 Å². The van der Waals surface area contributed by atoms with Crippen LogP contribution in [-0.4, -0.2) is 27.9 Å². The number of nitrogens with two attached hydrogens (primary N) is 1. The van der Waals surface area contributed by atoms with E-state index in [-0.39, 0.29) is 0 Å². The van der Waals surface area contributed by atoms with Crippen molar-refractivity contribution in [3.05, 3.63) is 5.76 Å². The van der Waals surface area contributed by atoms with Crippen molar-refractivity contribution in [2.75, 3.05) is 27.9 Å². The number of aryl methyl sites for hydroxylation is 1. The minimum absolute atomic E-state index is 0.335. The van der Waals surface area contributed by atoms with Crippen LogP contribution in [0.3, 0.4) is 0 Å². The second kappa shape index (κ2) is 5.50. The molecule has 0 saturated carbocycles. The predicted molar refractivity (Wildman–Crippen MR) is 55.7 cm³/mol. The van der Waals surface area contributed by atoms with E-state index in [9.17, 15) is 0 Å². The zero-order chi connectivity index (χ0) is 11.3. The van der Waals surface area contributed by atoms with Gasteiger partial charge in [0.1, 0.15) is 0 Å². The molecule has 0 saturated heterocycles. The number of hydrogen-bond donors (Lipinski definition) is 1. The molecule has 0 amide bonds. The summed E-state index contributed by atoms with van der Waals surface area (Å²) in [6.07, 6.45) is 1.54. The monoisotopic (exact) mass is 215 g/mol. The Morgan fingerprint density at radius 2 is 1.73 bits per heavy atom. The minimum Gasteiger partial charge on any atom is -0.490 e. The smallest absolute Gasteiger partial charge is 0.332 e. The van der Waals surface area contributed by atoms with Crippen LogP contribution in [0.15, 0.2) is 4.42 Å². The van der Waals surface area contributed by atoms with Crippen molar-refractivity contribution in [2.24, 2.45) is 5.73 Å². The van der Waals surface area contributed by atoms with Gasteiger partial charge in [0, 0.05) is 6.42 Å². The topological polar surface area (TPSA) is 66.9 Å². The Hall–Kier alpha value is -1.36. The van der Waals surface area contributed by atoms with Crippen LogP contribution in [0.1, 0.15) is 12.2 Å². The highest BCUT2D eigenvalue weighted by Crippen LogP contribution is 2.43. The molecule has 86 valence electrons.